The van der Waals surface area contributed by atoms with Crippen LogP contribution in [0.15, 0.2) is 22.9 Å². The Balaban J connectivity index is 3.50. The van der Waals surface area contributed by atoms with E-state index in [1.54, 1.807) is 0 Å². The van der Waals surface area contributed by atoms with Gasteiger partial charge in [0.1, 0.15) is 0 Å². The average molecular weight is 211 g/mol. The summed E-state index contributed by atoms with van der Waals surface area (Å²) in [5, 5.41) is 0. The van der Waals surface area contributed by atoms with Crippen LogP contribution in [0.3, 0.4) is 0 Å². The lowest BCUT2D eigenvalue weighted by molar-refractivity contribution is 0.524. The maximum atomic E-state index is 7.85. The molecule has 0 bridgehead atoms. The fourth-order valence-corrected chi connectivity index (χ4v) is 0.908. The number of nitrogens with zero attached hydrogens (tertiary/aromatic N) is 1. The molecule has 1 heterocycles. The minimum atomic E-state index is -3.32. The van der Waals surface area contributed by atoms with Crippen LogP contribution < -0.4 is 0 Å². The van der Waals surface area contributed by atoms with Crippen molar-refractivity contribution in [3.63, 3.8) is 0 Å². The molecule has 1 rings (SSSR count). The Morgan fingerprint density at radius 1 is 2.00 bits per heavy atom. The van der Waals surface area contributed by atoms with E-state index >= 15 is 0 Å². The van der Waals surface area contributed by atoms with Gasteiger partial charge in [0.15, 0.2) is 0 Å². The van der Waals surface area contributed by atoms with Crippen LogP contribution in [0, 0.1) is 5.89 Å². The average Bonchev–Trinajstić information content (AvgIpc) is 2.60. The third-order valence-electron chi connectivity index (χ3n) is 0.898. The smallest absolute Gasteiger partial charge is 0.0500 e. The van der Waals surface area contributed by atoms with Gasteiger partial charge in [-0.3, -0.25) is 0 Å². The molecule has 0 unspecified atom stereocenters. The van der Waals surface area contributed by atoms with E-state index in [9.17, 15) is 0 Å². The molecule has 0 atom stereocenters. The Kier molecular flexibility index (Phi) is 0.689. The summed E-state index contributed by atoms with van der Waals surface area (Å²) in [5.41, 5.74) is 0. The number of hydrogen-bond acceptors (Lipinski definition) is 0. The lowest BCUT2D eigenvalue weighted by atomic mass is 10.2. The van der Waals surface area contributed by atoms with Crippen molar-refractivity contribution >= 4 is 15.9 Å². The van der Waals surface area contributed by atoms with Gasteiger partial charge in [-0.25, -0.2) is 0 Å². The summed E-state index contributed by atoms with van der Waals surface area (Å²) in [4.78, 5) is 0. The molecule has 0 radical (unpaired) electrons. The Morgan fingerprint density at radius 2 is 2.80 bits per heavy atom. The van der Waals surface area contributed by atoms with Crippen LogP contribution in [0.5, 0.6) is 0 Å². The fraction of sp³-hybridized carbons (Fsp3) is 0.500. The lowest BCUT2D eigenvalue weighted by Gasteiger charge is -2.04. The number of aromatic nitrogens is 1. The van der Waals surface area contributed by atoms with E-state index in [1.165, 1.54) is 18.5 Å². The van der Waals surface area contributed by atoms with Crippen molar-refractivity contribution in [2.24, 2.45) is 5.89 Å². The van der Waals surface area contributed by atoms with Crippen LogP contribution in [0.25, 0.3) is 0 Å². The molecular formula is C8H12BrN. The van der Waals surface area contributed by atoms with Gasteiger partial charge in [-0.15, -0.1) is 0 Å². The second kappa shape index (κ2) is 3.24. The van der Waals surface area contributed by atoms with Crippen LogP contribution >= 0.6 is 15.9 Å². The van der Waals surface area contributed by atoms with Gasteiger partial charge in [0.2, 0.25) is 0 Å². The number of hydrogen-bond donors (Lipinski definition) is 0. The first-order chi connectivity index (χ1) is 8.25. The first-order valence-electron chi connectivity index (χ1n) is 7.09. The largest absolute Gasteiger partial charge is 0.353 e. The molecule has 0 aliphatic rings. The summed E-state index contributed by atoms with van der Waals surface area (Å²) in [6.45, 7) is -9.58. The van der Waals surface area contributed by atoms with Crippen molar-refractivity contribution in [3.8, 4) is 0 Å². The second-order valence-electron chi connectivity index (χ2n) is 1.72. The SMILES string of the molecule is [2H]C([2H])([2H])C([2H])(C([2H])([2H])[2H])C([2H])([2H])n1ccc(Br)c1. The predicted molar refractivity (Wildman–Crippen MR) is 47.0 cm³/mol. The van der Waals surface area contributed by atoms with Gasteiger partial charge in [0.25, 0.3) is 0 Å². The van der Waals surface area contributed by atoms with E-state index < -0.39 is 26.1 Å². The number of halogens is 1. The van der Waals surface area contributed by atoms with Crippen molar-refractivity contribution < 1.29 is 12.3 Å². The molecular weight excluding hydrogens is 190 g/mol. The van der Waals surface area contributed by atoms with Crippen molar-refractivity contribution in [1.29, 1.82) is 0 Å². The molecule has 56 valence electrons. The monoisotopic (exact) mass is 210 g/mol. The van der Waals surface area contributed by atoms with Gasteiger partial charge >= 0.3 is 0 Å². The summed E-state index contributed by atoms with van der Waals surface area (Å²) in [6, 6.07) is 1.43. The van der Waals surface area contributed by atoms with Gasteiger partial charge < -0.3 is 4.57 Å². The highest BCUT2D eigenvalue weighted by atomic mass is 79.9. The third kappa shape index (κ3) is 2.18. The van der Waals surface area contributed by atoms with E-state index in [2.05, 4.69) is 15.9 Å². The maximum Gasteiger partial charge on any atom is 0.0500 e. The highest BCUT2D eigenvalue weighted by Gasteiger charge is 1.95. The number of rotatable bonds is 2. The quantitative estimate of drug-likeness (QED) is 0.708. The highest BCUT2D eigenvalue weighted by molar-refractivity contribution is 9.10. The molecule has 0 aromatic carbocycles. The first-order valence-corrected chi connectivity index (χ1v) is 3.38. The van der Waals surface area contributed by atoms with Gasteiger partial charge in [0.05, 0.1) is 0 Å². The molecule has 1 aromatic rings. The topological polar surface area (TPSA) is 4.93 Å². The van der Waals surface area contributed by atoms with Gasteiger partial charge in [-0.2, -0.15) is 0 Å². The zero-order chi connectivity index (χ0) is 15.3. The van der Waals surface area contributed by atoms with E-state index in [4.69, 9.17) is 12.3 Å². The standard InChI is InChI=1S/C8H12BrN/c1-7(2)5-10-4-3-8(9)6-10/h3-4,6-7H,5H2,1-2H3/i1D3,2D3,5D2,7D. The molecule has 0 saturated carbocycles. The lowest BCUT2D eigenvalue weighted by Crippen LogP contribution is -2.00. The maximum absolute atomic E-state index is 7.85. The zero-order valence-corrected chi connectivity index (χ0v) is 6.64. The minimum Gasteiger partial charge on any atom is -0.353 e. The van der Waals surface area contributed by atoms with Crippen molar-refractivity contribution in [3.05, 3.63) is 22.9 Å². The highest BCUT2D eigenvalue weighted by Crippen LogP contribution is 2.10. The Morgan fingerprint density at radius 3 is 3.30 bits per heavy atom. The summed E-state index contributed by atoms with van der Waals surface area (Å²) in [7, 11) is 0. The molecule has 1 aromatic heterocycles. The molecule has 0 saturated heterocycles. The summed E-state index contributed by atoms with van der Waals surface area (Å²) >= 11 is 3.06. The first kappa shape index (κ1) is 2.13. The van der Waals surface area contributed by atoms with Crippen molar-refractivity contribution in [2.75, 3.05) is 0 Å². The normalized spacial score (nSPS) is 29.1. The fourth-order valence-electron chi connectivity index (χ4n) is 0.569. The van der Waals surface area contributed by atoms with E-state index in [0.717, 1.165) is 4.57 Å². The molecule has 1 nitrogen and oxygen atoms in total. The van der Waals surface area contributed by atoms with Crippen molar-refractivity contribution in [1.82, 2.24) is 4.57 Å². The van der Waals surface area contributed by atoms with Crippen LogP contribution in [-0.4, -0.2) is 4.57 Å². The molecule has 0 aliphatic carbocycles. The molecule has 0 amide bonds. The van der Waals surface area contributed by atoms with E-state index in [1.807, 2.05) is 0 Å². The van der Waals surface area contributed by atoms with Crippen LogP contribution in [-0.2, 0) is 6.50 Å². The minimum absolute atomic E-state index is 0.454. The van der Waals surface area contributed by atoms with Gasteiger partial charge in [0, 0.05) is 35.7 Å². The molecule has 0 spiro atoms. The molecule has 0 fully saturated rings. The van der Waals surface area contributed by atoms with Crippen LogP contribution in [0.1, 0.15) is 26.0 Å². The Bertz CT molecular complexity index is 444. The molecule has 10 heavy (non-hydrogen) atoms. The van der Waals surface area contributed by atoms with Gasteiger partial charge in [-0.1, -0.05) is 13.7 Å². The van der Waals surface area contributed by atoms with Gasteiger partial charge in [-0.05, 0) is 27.9 Å². The summed E-state index contributed by atoms with van der Waals surface area (Å²) < 4.78 is 68.4. The van der Waals surface area contributed by atoms with E-state index in [0.29, 0.717) is 4.47 Å². The zero-order valence-electron chi connectivity index (χ0n) is 14.1. The summed E-state index contributed by atoms with van der Waals surface area (Å²) in [6.07, 6.45) is 2.38. The van der Waals surface area contributed by atoms with Crippen molar-refractivity contribution in [2.45, 2.75) is 20.2 Å². The molecule has 0 N–H and O–H groups in total. The Labute approximate surface area is 82.8 Å². The molecule has 2 heteroatoms. The third-order valence-corrected chi connectivity index (χ3v) is 1.37. The van der Waals surface area contributed by atoms with E-state index in [-0.39, 0.29) is 0 Å². The molecule has 0 aliphatic heterocycles. The predicted octanol–water partition coefficient (Wildman–Crippen LogP) is 2.91. The van der Waals surface area contributed by atoms with Crippen LogP contribution in [0.4, 0.5) is 0 Å². The summed E-state index contributed by atoms with van der Waals surface area (Å²) in [5.74, 6) is -3.29. The second-order valence-corrected chi connectivity index (χ2v) is 2.64. The van der Waals surface area contributed by atoms with Crippen LogP contribution in [0.2, 0.25) is 0 Å². The Hall–Kier alpha value is -0.240.